The molecule has 0 aliphatic rings. The molecule has 0 aliphatic heterocycles. The summed E-state index contributed by atoms with van der Waals surface area (Å²) < 4.78 is 5.93. The third kappa shape index (κ3) is 4.57. The summed E-state index contributed by atoms with van der Waals surface area (Å²) in [4.78, 5) is 33.0. The molecular formula is C16H19N5O6. The number of hydrogen-bond donors (Lipinski definition) is 1. The topological polar surface area (TPSA) is 142 Å². The lowest BCUT2D eigenvalue weighted by molar-refractivity contribution is -0.393. The Bertz CT molecular complexity index is 899. The van der Waals surface area contributed by atoms with Gasteiger partial charge in [-0.05, 0) is 33.8 Å². The minimum Gasteiger partial charge on any atom is -0.448 e. The summed E-state index contributed by atoms with van der Waals surface area (Å²) in [5.74, 6) is 0.281. The van der Waals surface area contributed by atoms with Gasteiger partial charge in [-0.1, -0.05) is 0 Å². The van der Waals surface area contributed by atoms with Crippen molar-refractivity contribution < 1.29 is 19.4 Å². The molecule has 0 atom stereocenters. The molecule has 11 nitrogen and oxygen atoms in total. The van der Waals surface area contributed by atoms with Crippen LogP contribution in [0, 0.1) is 20.2 Å². The molecule has 0 saturated heterocycles. The Morgan fingerprint density at radius 1 is 1.22 bits per heavy atom. The summed E-state index contributed by atoms with van der Waals surface area (Å²) in [6.45, 7) is 7.36. The standard InChI is InChI=1S/C16H19N5O6/c1-5-27-15(22)19-14(17-16(2,3)4)9-12(18-19)11-7-6-10(20(23)24)8-13(11)21(25)26/h6-9,17H,5H2,1-4H3. The van der Waals surface area contributed by atoms with Gasteiger partial charge in [-0.15, -0.1) is 4.68 Å². The van der Waals surface area contributed by atoms with Gasteiger partial charge in [0.15, 0.2) is 0 Å². The first-order chi connectivity index (χ1) is 12.5. The van der Waals surface area contributed by atoms with Crippen molar-refractivity contribution in [3.05, 3.63) is 44.5 Å². The SMILES string of the molecule is CCOC(=O)n1nc(-c2ccc([N+](=O)[O-])cc2[N+](=O)[O-])cc1NC(C)(C)C. The van der Waals surface area contributed by atoms with Gasteiger partial charge < -0.3 is 10.1 Å². The van der Waals surface area contributed by atoms with Gasteiger partial charge in [0.05, 0.1) is 28.1 Å². The van der Waals surface area contributed by atoms with Crippen LogP contribution in [0.15, 0.2) is 24.3 Å². The molecule has 2 rings (SSSR count). The monoisotopic (exact) mass is 377 g/mol. The van der Waals surface area contributed by atoms with E-state index in [-0.39, 0.29) is 23.7 Å². The third-order valence-electron chi connectivity index (χ3n) is 3.32. The lowest BCUT2D eigenvalue weighted by atomic mass is 10.1. The van der Waals surface area contributed by atoms with E-state index in [1.807, 2.05) is 20.8 Å². The molecule has 0 fully saturated rings. The predicted octanol–water partition coefficient (Wildman–Crippen LogP) is 3.58. The number of hydrogen-bond acceptors (Lipinski definition) is 8. The summed E-state index contributed by atoms with van der Waals surface area (Å²) in [6, 6.07) is 4.68. The van der Waals surface area contributed by atoms with Crippen LogP contribution in [0.2, 0.25) is 0 Å². The van der Waals surface area contributed by atoms with E-state index in [4.69, 9.17) is 4.74 Å². The molecule has 0 spiro atoms. The third-order valence-corrected chi connectivity index (χ3v) is 3.32. The molecule has 0 aliphatic carbocycles. The zero-order chi connectivity index (χ0) is 20.4. The summed E-state index contributed by atoms with van der Waals surface area (Å²) in [5, 5.41) is 29.4. The highest BCUT2D eigenvalue weighted by atomic mass is 16.6. The maximum absolute atomic E-state index is 12.2. The minimum atomic E-state index is -0.750. The van der Waals surface area contributed by atoms with Gasteiger partial charge in [0, 0.05) is 17.7 Å². The second-order valence-corrected chi connectivity index (χ2v) is 6.62. The Hall–Kier alpha value is -3.50. The maximum Gasteiger partial charge on any atom is 0.436 e. The van der Waals surface area contributed by atoms with Gasteiger partial charge >= 0.3 is 6.09 Å². The van der Waals surface area contributed by atoms with Crippen LogP contribution in [0.4, 0.5) is 22.0 Å². The highest BCUT2D eigenvalue weighted by Crippen LogP contribution is 2.34. The van der Waals surface area contributed by atoms with Gasteiger partial charge in [0.25, 0.3) is 11.4 Å². The van der Waals surface area contributed by atoms with Crippen molar-refractivity contribution >= 4 is 23.3 Å². The molecule has 0 saturated carbocycles. The van der Waals surface area contributed by atoms with Crippen molar-refractivity contribution in [3.63, 3.8) is 0 Å². The minimum absolute atomic E-state index is 0.0469. The fraction of sp³-hybridized carbons (Fsp3) is 0.375. The second kappa shape index (κ2) is 7.40. The smallest absolute Gasteiger partial charge is 0.436 e. The molecule has 0 radical (unpaired) electrons. The number of aromatic nitrogens is 2. The van der Waals surface area contributed by atoms with E-state index >= 15 is 0 Å². The molecule has 1 heterocycles. The Labute approximate surface area is 154 Å². The number of nitrogens with one attached hydrogen (secondary N) is 1. The first-order valence-corrected chi connectivity index (χ1v) is 8.02. The van der Waals surface area contributed by atoms with Gasteiger partial charge in [-0.25, -0.2) is 4.79 Å². The van der Waals surface area contributed by atoms with Crippen LogP contribution in [-0.4, -0.2) is 37.9 Å². The second-order valence-electron chi connectivity index (χ2n) is 6.62. The number of carbonyl (C=O) groups excluding carboxylic acids is 1. The average Bonchev–Trinajstić information content (AvgIpc) is 2.96. The molecule has 0 amide bonds. The van der Waals surface area contributed by atoms with Crippen LogP contribution in [0.3, 0.4) is 0 Å². The van der Waals surface area contributed by atoms with Gasteiger partial charge in [-0.3, -0.25) is 20.2 Å². The molecule has 1 aromatic heterocycles. The number of benzene rings is 1. The Morgan fingerprint density at radius 2 is 1.89 bits per heavy atom. The van der Waals surface area contributed by atoms with Crippen LogP contribution in [0.25, 0.3) is 11.3 Å². The molecule has 0 unspecified atom stereocenters. The van der Waals surface area contributed by atoms with Crippen molar-refractivity contribution in [2.75, 3.05) is 11.9 Å². The fourth-order valence-corrected chi connectivity index (χ4v) is 2.31. The molecule has 144 valence electrons. The van der Waals surface area contributed by atoms with Crippen molar-refractivity contribution in [1.29, 1.82) is 0 Å². The zero-order valence-electron chi connectivity index (χ0n) is 15.3. The van der Waals surface area contributed by atoms with Crippen LogP contribution in [-0.2, 0) is 4.74 Å². The number of nitro benzene ring substituents is 2. The van der Waals surface area contributed by atoms with E-state index in [2.05, 4.69) is 10.4 Å². The molecule has 11 heteroatoms. The highest BCUT2D eigenvalue weighted by molar-refractivity contribution is 5.80. The summed E-state index contributed by atoms with van der Waals surface area (Å²) in [7, 11) is 0. The molecule has 2 aromatic rings. The number of non-ortho nitro benzene ring substituents is 1. The van der Waals surface area contributed by atoms with E-state index in [0.29, 0.717) is 0 Å². The van der Waals surface area contributed by atoms with Gasteiger partial charge in [-0.2, -0.15) is 5.10 Å². The molecular weight excluding hydrogens is 358 g/mol. The zero-order valence-corrected chi connectivity index (χ0v) is 15.3. The molecule has 1 N–H and O–H groups in total. The predicted molar refractivity (Wildman–Crippen MR) is 96.8 cm³/mol. The number of rotatable bonds is 5. The summed E-state index contributed by atoms with van der Waals surface area (Å²) in [6.07, 6.45) is -0.750. The van der Waals surface area contributed by atoms with Crippen LogP contribution < -0.4 is 5.32 Å². The highest BCUT2D eigenvalue weighted by Gasteiger charge is 2.26. The Balaban J connectivity index is 2.62. The fourth-order valence-electron chi connectivity index (χ4n) is 2.31. The number of anilines is 1. The van der Waals surface area contributed by atoms with Gasteiger partial charge in [0.2, 0.25) is 0 Å². The van der Waals surface area contributed by atoms with Crippen molar-refractivity contribution in [1.82, 2.24) is 9.78 Å². The number of carbonyl (C=O) groups is 1. The van der Waals surface area contributed by atoms with Crippen molar-refractivity contribution in [2.24, 2.45) is 0 Å². The van der Waals surface area contributed by atoms with E-state index in [0.717, 1.165) is 16.8 Å². The first kappa shape index (κ1) is 19.8. The van der Waals surface area contributed by atoms with Crippen LogP contribution >= 0.6 is 0 Å². The largest absolute Gasteiger partial charge is 0.448 e. The maximum atomic E-state index is 12.2. The van der Waals surface area contributed by atoms with Crippen molar-refractivity contribution in [2.45, 2.75) is 33.2 Å². The van der Waals surface area contributed by atoms with E-state index in [1.54, 1.807) is 6.92 Å². The van der Waals surface area contributed by atoms with E-state index in [1.165, 1.54) is 12.1 Å². The molecule has 1 aromatic carbocycles. The lowest BCUT2D eigenvalue weighted by Gasteiger charge is -2.21. The van der Waals surface area contributed by atoms with Crippen molar-refractivity contribution in [3.8, 4) is 11.3 Å². The van der Waals surface area contributed by atoms with Gasteiger partial charge in [0.1, 0.15) is 11.5 Å². The lowest BCUT2D eigenvalue weighted by Crippen LogP contribution is -2.29. The Morgan fingerprint density at radius 3 is 2.41 bits per heavy atom. The van der Waals surface area contributed by atoms with E-state index < -0.39 is 32.9 Å². The number of nitro groups is 2. The quantitative estimate of drug-likeness (QED) is 0.615. The normalized spacial score (nSPS) is 11.1. The summed E-state index contributed by atoms with van der Waals surface area (Å²) >= 11 is 0. The number of nitrogens with zero attached hydrogens (tertiary/aromatic N) is 4. The Kier molecular flexibility index (Phi) is 5.43. The molecule has 27 heavy (non-hydrogen) atoms. The summed E-state index contributed by atoms with van der Waals surface area (Å²) in [5.41, 5.74) is -1.17. The van der Waals surface area contributed by atoms with Crippen LogP contribution in [0.1, 0.15) is 27.7 Å². The van der Waals surface area contributed by atoms with Crippen LogP contribution in [0.5, 0.6) is 0 Å². The first-order valence-electron chi connectivity index (χ1n) is 8.02. The van der Waals surface area contributed by atoms with E-state index in [9.17, 15) is 25.0 Å². The number of ether oxygens (including phenoxy) is 1. The molecule has 0 bridgehead atoms. The average molecular weight is 377 g/mol.